The van der Waals surface area contributed by atoms with E-state index < -0.39 is 6.10 Å². The number of para-hydroxylation sites is 1. The molecule has 59 heavy (non-hydrogen) atoms. The predicted molar refractivity (Wildman–Crippen MR) is 225 cm³/mol. The Labute approximate surface area is 345 Å². The van der Waals surface area contributed by atoms with Gasteiger partial charge in [0.1, 0.15) is 17.5 Å². The number of ether oxygens (including phenoxy) is 3. The van der Waals surface area contributed by atoms with Crippen molar-refractivity contribution < 1.29 is 38.8 Å². The Bertz CT molecular complexity index is 2050. The van der Waals surface area contributed by atoms with Gasteiger partial charge in [0.25, 0.3) is 5.91 Å². The minimum Gasteiger partial charge on any atom is -0.506 e. The molecule has 0 bridgehead atoms. The molecule has 2 aliphatic heterocycles. The first-order valence-electron chi connectivity index (χ1n) is 20.6. The quantitative estimate of drug-likeness (QED) is 0.0631. The highest BCUT2D eigenvalue weighted by Gasteiger charge is 2.42. The van der Waals surface area contributed by atoms with Crippen molar-refractivity contribution in [3.63, 3.8) is 0 Å². The van der Waals surface area contributed by atoms with Crippen LogP contribution in [0.2, 0.25) is 0 Å². The molecule has 4 aromatic rings. The Morgan fingerprint density at radius 1 is 0.949 bits per heavy atom. The number of nitrogens with one attached hydrogen (secondary N) is 3. The highest BCUT2D eigenvalue weighted by atomic mass is 16.6. The van der Waals surface area contributed by atoms with E-state index in [1.807, 2.05) is 54.6 Å². The van der Waals surface area contributed by atoms with Gasteiger partial charge < -0.3 is 44.9 Å². The van der Waals surface area contributed by atoms with E-state index in [1.54, 1.807) is 18.0 Å². The van der Waals surface area contributed by atoms with Crippen LogP contribution in [-0.2, 0) is 31.9 Å². The van der Waals surface area contributed by atoms with Crippen LogP contribution in [0.25, 0.3) is 11.1 Å². The Kier molecular flexibility index (Phi) is 14.1. The average molecular weight is 806 g/mol. The van der Waals surface area contributed by atoms with Crippen molar-refractivity contribution in [1.29, 1.82) is 0 Å². The van der Waals surface area contributed by atoms with Crippen LogP contribution < -0.4 is 20.7 Å². The number of phenolic OH excluding ortho intramolecular Hbond substituents is 1. The molecule has 2 unspecified atom stereocenters. The molecule has 13 nitrogen and oxygen atoms in total. The Balaban J connectivity index is 0.742. The minimum atomic E-state index is -0.937. The summed E-state index contributed by atoms with van der Waals surface area (Å²) in [5, 5.41) is 29.5. The van der Waals surface area contributed by atoms with Gasteiger partial charge in [0.05, 0.1) is 31.4 Å². The van der Waals surface area contributed by atoms with Gasteiger partial charge in [-0.1, -0.05) is 72.8 Å². The summed E-state index contributed by atoms with van der Waals surface area (Å²) in [6.45, 7) is 4.87. The number of rotatable bonds is 18. The number of benzene rings is 4. The number of likely N-dealkylation sites (N-methyl/N-ethyl adjacent to an activating group) is 1. The fourth-order valence-electron chi connectivity index (χ4n) is 8.40. The van der Waals surface area contributed by atoms with Crippen LogP contribution in [0.4, 0.5) is 16.2 Å². The van der Waals surface area contributed by atoms with Crippen LogP contribution in [0.3, 0.4) is 0 Å². The molecule has 5 N–H and O–H groups in total. The number of aliphatic hydroxyl groups is 1. The van der Waals surface area contributed by atoms with Crippen molar-refractivity contribution in [3.05, 3.63) is 108 Å². The maximum atomic E-state index is 12.9. The highest BCUT2D eigenvalue weighted by Crippen LogP contribution is 2.42. The van der Waals surface area contributed by atoms with E-state index in [1.165, 1.54) is 17.2 Å². The lowest BCUT2D eigenvalue weighted by Crippen LogP contribution is -2.35. The second kappa shape index (κ2) is 20.0. The van der Waals surface area contributed by atoms with Crippen LogP contribution in [0.15, 0.2) is 91.0 Å². The fraction of sp³-hybridized carbons (Fsp3) is 0.413. The molecular formula is C46H55N5O8. The number of amides is 3. The standard InChI is InChI=1S/C46H55N5O8/c1-50(21-19-47-27-41(53)38-14-15-40(52)44-45(38)58-30-42(54)49-44)43(55)18-23-57-22-17-32-9-7-8-31(24-32)16-20-51-28-34-25-36(26-35(34)29-51)59-46(56)48-39-13-6-5-12-37(39)33-10-3-2-4-11-33/h2-15,24,34-36,41,47,52-53H,16-23,25-30H2,1H3,(H,48,56)(H,49,54)/t34?,35?,36?,41-/m0/s1. The second-order valence-electron chi connectivity index (χ2n) is 15.7. The van der Waals surface area contributed by atoms with Crippen molar-refractivity contribution in [2.24, 2.45) is 11.8 Å². The molecule has 2 fully saturated rings. The number of carbonyl (C=O) groups is 3. The van der Waals surface area contributed by atoms with Gasteiger partial charge in [-0.2, -0.15) is 0 Å². The largest absolute Gasteiger partial charge is 0.506 e. The summed E-state index contributed by atoms with van der Waals surface area (Å²) in [6, 6.07) is 29.5. The minimum absolute atomic E-state index is 0.0219. The van der Waals surface area contributed by atoms with Crippen LogP contribution in [0, 0.1) is 11.8 Å². The molecule has 3 aliphatic rings. The zero-order valence-electron chi connectivity index (χ0n) is 33.6. The third kappa shape index (κ3) is 11.2. The molecule has 312 valence electrons. The molecule has 3 amide bonds. The van der Waals surface area contributed by atoms with Crippen molar-refractivity contribution in [1.82, 2.24) is 15.1 Å². The number of hydrogen-bond acceptors (Lipinski definition) is 10. The first-order chi connectivity index (χ1) is 28.7. The van der Waals surface area contributed by atoms with Crippen LogP contribution >= 0.6 is 0 Å². The summed E-state index contributed by atoms with van der Waals surface area (Å²) in [5.41, 5.74) is 5.90. The molecular weight excluding hydrogens is 751 g/mol. The maximum absolute atomic E-state index is 12.9. The molecule has 1 aliphatic carbocycles. The molecule has 0 radical (unpaired) electrons. The summed E-state index contributed by atoms with van der Waals surface area (Å²) in [5.74, 6) is 0.823. The smallest absolute Gasteiger partial charge is 0.411 e. The summed E-state index contributed by atoms with van der Waals surface area (Å²) in [4.78, 5) is 41.4. The number of phenols is 1. The van der Waals surface area contributed by atoms with E-state index in [4.69, 9.17) is 14.2 Å². The normalized spacial score (nSPS) is 18.9. The zero-order chi connectivity index (χ0) is 41.1. The summed E-state index contributed by atoms with van der Waals surface area (Å²) >= 11 is 0. The maximum Gasteiger partial charge on any atom is 0.411 e. The molecule has 0 aromatic heterocycles. The third-order valence-electron chi connectivity index (χ3n) is 11.5. The summed E-state index contributed by atoms with van der Waals surface area (Å²) in [7, 11) is 1.74. The number of aromatic hydroxyl groups is 1. The van der Waals surface area contributed by atoms with Gasteiger partial charge in [0.2, 0.25) is 5.91 Å². The van der Waals surface area contributed by atoms with E-state index in [9.17, 15) is 24.6 Å². The number of hydrogen-bond donors (Lipinski definition) is 5. The van der Waals surface area contributed by atoms with Crippen LogP contribution in [0.1, 0.15) is 42.1 Å². The molecule has 7 rings (SSSR count). The van der Waals surface area contributed by atoms with Gasteiger partial charge in [0, 0.05) is 57.4 Å². The fourth-order valence-corrected chi connectivity index (χ4v) is 8.40. The predicted octanol–water partition coefficient (Wildman–Crippen LogP) is 5.62. The number of likely N-dealkylation sites (tertiary alicyclic amines) is 1. The molecule has 13 heteroatoms. The molecule has 1 saturated carbocycles. The van der Waals surface area contributed by atoms with Crippen molar-refractivity contribution in [2.75, 3.05) is 76.8 Å². The molecule has 1 saturated heterocycles. The average Bonchev–Trinajstić information content (AvgIpc) is 3.80. The van der Waals surface area contributed by atoms with Gasteiger partial charge in [0.15, 0.2) is 12.4 Å². The first-order valence-corrected chi connectivity index (χ1v) is 20.6. The number of fused-ring (bicyclic) bond motifs is 2. The van der Waals surface area contributed by atoms with Crippen LogP contribution in [0.5, 0.6) is 11.5 Å². The summed E-state index contributed by atoms with van der Waals surface area (Å²) < 4.78 is 17.2. The number of nitrogens with zero attached hydrogens (tertiary/aromatic N) is 2. The van der Waals surface area contributed by atoms with E-state index in [2.05, 4.69) is 45.1 Å². The van der Waals surface area contributed by atoms with Gasteiger partial charge >= 0.3 is 6.09 Å². The Morgan fingerprint density at radius 2 is 1.69 bits per heavy atom. The van der Waals surface area contributed by atoms with Crippen molar-refractivity contribution >= 4 is 29.3 Å². The topological polar surface area (TPSA) is 162 Å². The highest BCUT2D eigenvalue weighted by molar-refractivity contribution is 5.97. The number of carbonyl (C=O) groups excluding carboxylic acids is 3. The van der Waals surface area contributed by atoms with E-state index >= 15 is 0 Å². The molecule has 3 atom stereocenters. The number of aliphatic hydroxyl groups excluding tert-OH is 1. The van der Waals surface area contributed by atoms with E-state index in [0.717, 1.165) is 62.1 Å². The van der Waals surface area contributed by atoms with E-state index in [0.29, 0.717) is 43.7 Å². The molecule has 0 spiro atoms. The zero-order valence-corrected chi connectivity index (χ0v) is 33.6. The van der Waals surface area contributed by atoms with Crippen molar-refractivity contribution in [3.8, 4) is 22.6 Å². The molecule has 2 heterocycles. The van der Waals surface area contributed by atoms with Crippen LogP contribution in [-0.4, -0.2) is 110 Å². The van der Waals surface area contributed by atoms with Gasteiger partial charge in [-0.15, -0.1) is 0 Å². The monoisotopic (exact) mass is 805 g/mol. The van der Waals surface area contributed by atoms with Gasteiger partial charge in [-0.25, -0.2) is 4.79 Å². The van der Waals surface area contributed by atoms with E-state index in [-0.39, 0.29) is 60.8 Å². The van der Waals surface area contributed by atoms with Gasteiger partial charge in [-0.3, -0.25) is 14.9 Å². The summed E-state index contributed by atoms with van der Waals surface area (Å²) in [6.07, 6.45) is 2.44. The Morgan fingerprint density at radius 3 is 2.49 bits per heavy atom. The lowest BCUT2D eigenvalue weighted by Gasteiger charge is -2.24. The van der Waals surface area contributed by atoms with Crippen molar-refractivity contribution in [2.45, 2.75) is 44.3 Å². The third-order valence-corrected chi connectivity index (χ3v) is 11.5. The number of anilines is 2. The second-order valence-corrected chi connectivity index (χ2v) is 15.7. The molecule has 4 aromatic carbocycles. The first kappa shape index (κ1) is 41.7. The Hall–Kier alpha value is -5.47. The SMILES string of the molecule is CN(CCNC[C@H](O)c1ccc(O)c2c1OCC(=O)N2)C(=O)CCOCCc1cccc(CCN2CC3CC(OC(=O)Nc4ccccc4-c4ccccc4)CC3C2)c1. The lowest BCUT2D eigenvalue weighted by molar-refractivity contribution is -0.131. The lowest BCUT2D eigenvalue weighted by atomic mass is 10.0. The van der Waals surface area contributed by atoms with Gasteiger partial charge in [-0.05, 0) is 72.4 Å².